The van der Waals surface area contributed by atoms with E-state index in [2.05, 4.69) is 5.32 Å². The number of thioether (sulfide) groups is 1. The largest absolute Gasteiger partial charge is 0.417 e. The van der Waals surface area contributed by atoms with Gasteiger partial charge in [-0.3, -0.25) is 4.79 Å². The predicted molar refractivity (Wildman–Crippen MR) is 93.6 cm³/mol. The number of hydrogen-bond donors (Lipinski definition) is 1. The molecule has 0 bridgehead atoms. The van der Waals surface area contributed by atoms with E-state index < -0.39 is 5.63 Å². The Hall–Kier alpha value is -1.79. The van der Waals surface area contributed by atoms with Crippen LogP contribution in [0.3, 0.4) is 0 Å². The summed E-state index contributed by atoms with van der Waals surface area (Å²) in [5.74, 6) is 1.84. The Bertz CT molecular complexity index is 825. The lowest BCUT2D eigenvalue weighted by atomic mass is 9.90. The third-order valence-electron chi connectivity index (χ3n) is 4.79. The van der Waals surface area contributed by atoms with E-state index in [-0.39, 0.29) is 23.3 Å². The van der Waals surface area contributed by atoms with Crippen molar-refractivity contribution < 1.29 is 13.9 Å². The molecule has 1 aromatic heterocycles. The maximum atomic E-state index is 12.5. The third kappa shape index (κ3) is 2.96. The van der Waals surface area contributed by atoms with Crippen molar-refractivity contribution in [3.05, 3.63) is 46.5 Å². The first-order valence-corrected chi connectivity index (χ1v) is 9.36. The van der Waals surface area contributed by atoms with Gasteiger partial charge in [0.1, 0.15) is 0 Å². The Morgan fingerprint density at radius 2 is 2.21 bits per heavy atom. The highest BCUT2D eigenvalue weighted by Crippen LogP contribution is 2.38. The monoisotopic (exact) mass is 345 g/mol. The number of hydrogen-bond acceptors (Lipinski definition) is 5. The molecule has 4 rings (SSSR count). The van der Waals surface area contributed by atoms with Crippen LogP contribution in [0, 0.1) is 0 Å². The van der Waals surface area contributed by atoms with Gasteiger partial charge in [0.15, 0.2) is 5.76 Å². The summed E-state index contributed by atoms with van der Waals surface area (Å²) < 4.78 is 11.2. The van der Waals surface area contributed by atoms with Crippen LogP contribution < -0.4 is 10.9 Å². The van der Waals surface area contributed by atoms with Crippen LogP contribution in [0.1, 0.15) is 29.8 Å². The molecule has 2 aromatic rings. The first-order valence-electron chi connectivity index (χ1n) is 8.21. The molecule has 3 heterocycles. The van der Waals surface area contributed by atoms with Gasteiger partial charge in [-0.05, 0) is 42.5 Å². The zero-order valence-electron chi connectivity index (χ0n) is 13.2. The summed E-state index contributed by atoms with van der Waals surface area (Å²) in [6, 6.07) is 8.81. The van der Waals surface area contributed by atoms with Gasteiger partial charge in [0.05, 0.1) is 11.0 Å². The van der Waals surface area contributed by atoms with Gasteiger partial charge < -0.3 is 14.5 Å². The second kappa shape index (κ2) is 6.26. The minimum atomic E-state index is -0.478. The van der Waals surface area contributed by atoms with E-state index in [1.807, 2.05) is 23.9 Å². The van der Waals surface area contributed by atoms with Gasteiger partial charge in [-0.15, -0.1) is 0 Å². The predicted octanol–water partition coefficient (Wildman–Crippen LogP) is 2.58. The van der Waals surface area contributed by atoms with E-state index in [1.54, 1.807) is 18.2 Å². The molecule has 0 unspecified atom stereocenters. The van der Waals surface area contributed by atoms with Crippen molar-refractivity contribution in [3.8, 4) is 0 Å². The number of ether oxygens (including phenoxy) is 1. The average molecular weight is 345 g/mol. The standard InChI is InChI=1S/C18H19NO4S/c20-16(15-9-12-3-1-2-4-14(12)17(21)23-15)19-13-5-7-22-18(10-13)6-8-24-11-18/h1-4,9,13H,5-8,10-11H2,(H,19,20)/t13-,18+/m1/s1. The molecule has 0 saturated carbocycles. The molecule has 2 fully saturated rings. The van der Waals surface area contributed by atoms with E-state index in [0.29, 0.717) is 12.0 Å². The Labute approximate surface area is 143 Å². The van der Waals surface area contributed by atoms with Gasteiger partial charge >= 0.3 is 5.63 Å². The fourth-order valence-electron chi connectivity index (χ4n) is 3.52. The molecule has 2 aliphatic heterocycles. The van der Waals surface area contributed by atoms with Crippen molar-refractivity contribution in [3.63, 3.8) is 0 Å². The number of benzene rings is 1. The van der Waals surface area contributed by atoms with E-state index >= 15 is 0 Å². The number of amides is 1. The van der Waals surface area contributed by atoms with Crippen LogP contribution in [0.15, 0.2) is 39.5 Å². The summed E-state index contributed by atoms with van der Waals surface area (Å²) in [6.45, 7) is 0.660. The number of nitrogens with one attached hydrogen (secondary N) is 1. The molecule has 2 atom stereocenters. The smallest absolute Gasteiger partial charge is 0.344 e. The molecule has 126 valence electrons. The highest BCUT2D eigenvalue weighted by Gasteiger charge is 2.41. The highest BCUT2D eigenvalue weighted by atomic mass is 32.2. The number of carbonyl (C=O) groups is 1. The fourth-order valence-corrected chi connectivity index (χ4v) is 4.90. The van der Waals surface area contributed by atoms with Crippen molar-refractivity contribution in [1.29, 1.82) is 0 Å². The van der Waals surface area contributed by atoms with Crippen LogP contribution in [0.4, 0.5) is 0 Å². The van der Waals surface area contributed by atoms with E-state index in [4.69, 9.17) is 9.15 Å². The van der Waals surface area contributed by atoms with Crippen LogP contribution >= 0.6 is 11.8 Å². The van der Waals surface area contributed by atoms with Gasteiger partial charge in [0.2, 0.25) is 0 Å². The molecule has 1 N–H and O–H groups in total. The topological polar surface area (TPSA) is 68.5 Å². The molecule has 2 saturated heterocycles. The maximum absolute atomic E-state index is 12.5. The molecule has 1 aromatic carbocycles. The van der Waals surface area contributed by atoms with Crippen LogP contribution in [-0.2, 0) is 4.74 Å². The average Bonchev–Trinajstić information content (AvgIpc) is 3.02. The molecular formula is C18H19NO4S. The lowest BCUT2D eigenvalue weighted by Crippen LogP contribution is -2.48. The molecule has 1 spiro atoms. The lowest BCUT2D eigenvalue weighted by Gasteiger charge is -2.37. The van der Waals surface area contributed by atoms with Crippen LogP contribution in [0.25, 0.3) is 10.8 Å². The molecule has 2 aliphatic rings. The van der Waals surface area contributed by atoms with Crippen molar-refractivity contribution in [2.24, 2.45) is 0 Å². The summed E-state index contributed by atoms with van der Waals surface area (Å²) in [5.41, 5.74) is -0.570. The van der Waals surface area contributed by atoms with E-state index in [1.165, 1.54) is 0 Å². The summed E-state index contributed by atoms with van der Waals surface area (Å²) in [6.07, 6.45) is 2.65. The molecule has 6 heteroatoms. The van der Waals surface area contributed by atoms with Gasteiger partial charge in [-0.1, -0.05) is 18.2 Å². The molecule has 0 radical (unpaired) electrons. The minimum absolute atomic E-state index is 0.0572. The molecular weight excluding hydrogens is 326 g/mol. The second-order valence-corrected chi connectivity index (χ2v) is 7.59. The molecule has 1 amide bonds. The number of carbonyl (C=O) groups excluding carboxylic acids is 1. The van der Waals surface area contributed by atoms with Crippen molar-refractivity contribution in [1.82, 2.24) is 5.32 Å². The van der Waals surface area contributed by atoms with Gasteiger partial charge in [-0.25, -0.2) is 4.79 Å². The van der Waals surface area contributed by atoms with Crippen LogP contribution in [-0.4, -0.2) is 35.7 Å². The van der Waals surface area contributed by atoms with Crippen LogP contribution in [0.2, 0.25) is 0 Å². The zero-order valence-corrected chi connectivity index (χ0v) is 14.1. The summed E-state index contributed by atoms with van der Waals surface area (Å²) in [7, 11) is 0. The zero-order chi connectivity index (χ0) is 16.6. The number of fused-ring (bicyclic) bond motifs is 1. The summed E-state index contributed by atoms with van der Waals surface area (Å²) >= 11 is 1.90. The fraction of sp³-hybridized carbons (Fsp3) is 0.444. The van der Waals surface area contributed by atoms with Crippen LogP contribution in [0.5, 0.6) is 0 Å². The maximum Gasteiger partial charge on any atom is 0.344 e. The van der Waals surface area contributed by atoms with E-state index in [0.717, 1.165) is 36.2 Å². The second-order valence-electron chi connectivity index (χ2n) is 6.48. The van der Waals surface area contributed by atoms with Gasteiger partial charge in [0.25, 0.3) is 5.91 Å². The first kappa shape index (κ1) is 15.7. The Balaban J connectivity index is 1.53. The first-order chi connectivity index (χ1) is 11.7. The SMILES string of the molecule is O=C(N[C@@H]1CCO[C@@]2(CCSC2)C1)c1cc2ccccc2c(=O)o1. The van der Waals surface area contributed by atoms with Gasteiger partial charge in [0, 0.05) is 18.4 Å². The Morgan fingerprint density at radius 3 is 3.04 bits per heavy atom. The van der Waals surface area contributed by atoms with Crippen molar-refractivity contribution >= 4 is 28.4 Å². The minimum Gasteiger partial charge on any atom is -0.417 e. The van der Waals surface area contributed by atoms with Gasteiger partial charge in [-0.2, -0.15) is 11.8 Å². The lowest BCUT2D eigenvalue weighted by molar-refractivity contribution is -0.0689. The summed E-state index contributed by atoms with van der Waals surface area (Å²) in [5, 5.41) is 4.22. The van der Waals surface area contributed by atoms with Crippen molar-refractivity contribution in [2.45, 2.75) is 30.9 Å². The molecule has 5 nitrogen and oxygen atoms in total. The van der Waals surface area contributed by atoms with E-state index in [9.17, 15) is 9.59 Å². The third-order valence-corrected chi connectivity index (χ3v) is 6.01. The molecule has 24 heavy (non-hydrogen) atoms. The molecule has 0 aliphatic carbocycles. The normalized spacial score (nSPS) is 26.8. The van der Waals surface area contributed by atoms with Crippen molar-refractivity contribution in [2.75, 3.05) is 18.1 Å². The Morgan fingerprint density at radius 1 is 1.33 bits per heavy atom. The Kier molecular flexibility index (Phi) is 4.10. The summed E-state index contributed by atoms with van der Waals surface area (Å²) in [4.78, 5) is 24.6. The highest BCUT2D eigenvalue weighted by molar-refractivity contribution is 7.99. The quantitative estimate of drug-likeness (QED) is 0.906. The number of rotatable bonds is 2.